The summed E-state index contributed by atoms with van der Waals surface area (Å²) in [5.74, 6) is 8.67. The number of nitrogens with zero attached hydrogens (tertiary/aromatic N) is 3. The molecule has 9 heteroatoms. The molecular formula is C22H21N5O3S. The van der Waals surface area contributed by atoms with Crippen molar-refractivity contribution in [2.45, 2.75) is 19.0 Å². The molecule has 2 aromatic heterocycles. The van der Waals surface area contributed by atoms with Gasteiger partial charge in [0.15, 0.2) is 5.82 Å². The van der Waals surface area contributed by atoms with Crippen molar-refractivity contribution in [1.29, 1.82) is 0 Å². The first-order chi connectivity index (χ1) is 15.0. The van der Waals surface area contributed by atoms with Gasteiger partial charge in [-0.2, -0.15) is 0 Å². The highest BCUT2D eigenvalue weighted by Gasteiger charge is 2.16. The third-order valence-electron chi connectivity index (χ3n) is 4.49. The summed E-state index contributed by atoms with van der Waals surface area (Å²) in [7, 11) is 0. The Kier molecular flexibility index (Phi) is 5.94. The lowest BCUT2D eigenvalue weighted by molar-refractivity contribution is -0.113. The maximum absolute atomic E-state index is 12.3. The van der Waals surface area contributed by atoms with E-state index in [4.69, 9.17) is 15.0 Å². The molecule has 0 spiro atoms. The lowest BCUT2D eigenvalue weighted by Gasteiger charge is -2.08. The fourth-order valence-corrected chi connectivity index (χ4v) is 3.51. The van der Waals surface area contributed by atoms with E-state index in [9.17, 15) is 4.79 Å². The Hall–Kier alpha value is -3.72. The Labute approximate surface area is 183 Å². The van der Waals surface area contributed by atoms with Crippen LogP contribution in [0.1, 0.15) is 11.3 Å². The second-order valence-corrected chi connectivity index (χ2v) is 7.79. The zero-order valence-electron chi connectivity index (χ0n) is 17.0. The summed E-state index contributed by atoms with van der Waals surface area (Å²) in [6, 6.07) is 16.8. The van der Waals surface area contributed by atoms with E-state index in [-0.39, 0.29) is 11.7 Å². The van der Waals surface area contributed by atoms with E-state index < -0.39 is 0 Å². The first-order valence-corrected chi connectivity index (χ1v) is 10.5. The van der Waals surface area contributed by atoms with Crippen LogP contribution in [0.5, 0.6) is 11.5 Å². The van der Waals surface area contributed by atoms with Gasteiger partial charge in [-0.25, -0.2) is 4.68 Å². The summed E-state index contributed by atoms with van der Waals surface area (Å²) in [5.41, 5.74) is 2.61. The van der Waals surface area contributed by atoms with Crippen molar-refractivity contribution in [2.75, 3.05) is 16.9 Å². The Bertz CT molecular complexity index is 1180. The van der Waals surface area contributed by atoms with Crippen LogP contribution in [0.4, 0.5) is 5.69 Å². The average Bonchev–Trinajstić information content (AvgIpc) is 3.34. The van der Waals surface area contributed by atoms with Gasteiger partial charge in [0.05, 0.1) is 17.6 Å². The number of thioether (sulfide) groups is 1. The number of anilines is 1. The van der Waals surface area contributed by atoms with Gasteiger partial charge in [0.25, 0.3) is 0 Å². The van der Waals surface area contributed by atoms with Crippen LogP contribution in [-0.2, 0) is 4.79 Å². The molecule has 158 valence electrons. The second-order valence-electron chi connectivity index (χ2n) is 6.84. The minimum absolute atomic E-state index is 0.140. The van der Waals surface area contributed by atoms with E-state index in [2.05, 4.69) is 15.5 Å². The summed E-state index contributed by atoms with van der Waals surface area (Å²) in [6.45, 7) is 3.84. The number of nitrogens with one attached hydrogen (secondary N) is 1. The lowest BCUT2D eigenvalue weighted by Crippen LogP contribution is -2.16. The van der Waals surface area contributed by atoms with E-state index >= 15 is 0 Å². The maximum Gasteiger partial charge on any atom is 0.234 e. The molecule has 3 N–H and O–H groups in total. The van der Waals surface area contributed by atoms with Crippen LogP contribution in [0.3, 0.4) is 0 Å². The minimum atomic E-state index is -0.179. The Morgan fingerprint density at radius 2 is 1.74 bits per heavy atom. The van der Waals surface area contributed by atoms with Crippen LogP contribution in [-0.4, -0.2) is 26.5 Å². The van der Waals surface area contributed by atoms with E-state index in [1.165, 1.54) is 22.0 Å². The number of benzene rings is 2. The number of nitrogens with two attached hydrogens (primary N) is 1. The third-order valence-corrected chi connectivity index (χ3v) is 5.43. The molecule has 1 amide bonds. The quantitative estimate of drug-likeness (QED) is 0.327. The van der Waals surface area contributed by atoms with Crippen LogP contribution in [0, 0.1) is 13.8 Å². The number of carbonyl (C=O) groups is 1. The smallest absolute Gasteiger partial charge is 0.234 e. The summed E-state index contributed by atoms with van der Waals surface area (Å²) in [4.78, 5) is 12.3. The number of aromatic nitrogens is 3. The standard InChI is InChI=1S/C22H21N5O3S/c1-14-3-7-17(8-4-14)30-18-9-5-16(6-10-18)24-20(28)13-31-22-26-25-21(27(22)23)19-11-12-29-15(19)2/h3-12H,13,23H2,1-2H3,(H,24,28). The molecule has 2 heterocycles. The van der Waals surface area contributed by atoms with Gasteiger partial charge in [-0.1, -0.05) is 29.5 Å². The molecule has 0 unspecified atom stereocenters. The summed E-state index contributed by atoms with van der Waals surface area (Å²) in [6.07, 6.45) is 1.57. The number of hydrogen-bond acceptors (Lipinski definition) is 7. The van der Waals surface area contributed by atoms with Gasteiger partial charge in [0.2, 0.25) is 11.1 Å². The monoisotopic (exact) mass is 435 g/mol. The number of furan rings is 1. The highest BCUT2D eigenvalue weighted by atomic mass is 32.2. The molecule has 4 aromatic rings. The van der Waals surface area contributed by atoms with Gasteiger partial charge in [-0.05, 0) is 56.3 Å². The summed E-state index contributed by atoms with van der Waals surface area (Å²) < 4.78 is 12.4. The SMILES string of the molecule is Cc1ccc(Oc2ccc(NC(=O)CSc3nnc(-c4ccoc4C)n3N)cc2)cc1. The second kappa shape index (κ2) is 8.97. The van der Waals surface area contributed by atoms with Gasteiger partial charge in [0.1, 0.15) is 17.3 Å². The molecule has 4 rings (SSSR count). The van der Waals surface area contributed by atoms with E-state index in [1.807, 2.05) is 38.1 Å². The number of rotatable bonds is 7. The molecular weight excluding hydrogens is 414 g/mol. The van der Waals surface area contributed by atoms with Crippen LogP contribution >= 0.6 is 11.8 Å². The first kappa shape index (κ1) is 20.5. The molecule has 0 aliphatic heterocycles. The number of nitrogen functional groups attached to an aromatic ring is 1. The average molecular weight is 436 g/mol. The largest absolute Gasteiger partial charge is 0.469 e. The van der Waals surface area contributed by atoms with Crippen molar-refractivity contribution in [3.05, 3.63) is 72.2 Å². The van der Waals surface area contributed by atoms with Gasteiger partial charge in [-0.3, -0.25) is 4.79 Å². The molecule has 0 aliphatic rings. The zero-order valence-corrected chi connectivity index (χ0v) is 17.8. The highest BCUT2D eigenvalue weighted by Crippen LogP contribution is 2.26. The molecule has 0 saturated carbocycles. The summed E-state index contributed by atoms with van der Waals surface area (Å²) >= 11 is 1.20. The first-order valence-electron chi connectivity index (χ1n) is 9.52. The normalized spacial score (nSPS) is 10.8. The molecule has 0 bridgehead atoms. The molecule has 8 nitrogen and oxygen atoms in total. The topological polar surface area (TPSA) is 108 Å². The maximum atomic E-state index is 12.3. The van der Waals surface area contributed by atoms with Gasteiger partial charge in [0, 0.05) is 5.69 Å². The van der Waals surface area contributed by atoms with Crippen LogP contribution in [0.2, 0.25) is 0 Å². The van der Waals surface area contributed by atoms with Crippen molar-refractivity contribution in [1.82, 2.24) is 14.9 Å². The van der Waals surface area contributed by atoms with Crippen molar-refractivity contribution in [2.24, 2.45) is 0 Å². The fourth-order valence-electron chi connectivity index (χ4n) is 2.85. The predicted octanol–water partition coefficient (Wildman–Crippen LogP) is 4.39. The number of amides is 1. The molecule has 0 aliphatic carbocycles. The van der Waals surface area contributed by atoms with E-state index in [0.29, 0.717) is 28.2 Å². The van der Waals surface area contributed by atoms with Crippen LogP contribution in [0.15, 0.2) is 70.4 Å². The number of aryl methyl sites for hydroxylation is 2. The number of carbonyl (C=O) groups excluding carboxylic acids is 1. The van der Waals surface area contributed by atoms with Crippen LogP contribution < -0.4 is 15.9 Å². The molecule has 0 fully saturated rings. The van der Waals surface area contributed by atoms with Gasteiger partial charge < -0.3 is 20.3 Å². The van der Waals surface area contributed by atoms with Crippen molar-refractivity contribution >= 4 is 23.4 Å². The van der Waals surface area contributed by atoms with Crippen LogP contribution in [0.25, 0.3) is 11.4 Å². The number of ether oxygens (including phenoxy) is 1. The Morgan fingerprint density at radius 3 is 2.39 bits per heavy atom. The van der Waals surface area contributed by atoms with Crippen molar-refractivity contribution in [3.63, 3.8) is 0 Å². The van der Waals surface area contributed by atoms with E-state index in [0.717, 1.165) is 11.3 Å². The van der Waals surface area contributed by atoms with E-state index in [1.54, 1.807) is 36.6 Å². The molecule has 0 radical (unpaired) electrons. The number of hydrogen-bond donors (Lipinski definition) is 2. The Morgan fingerprint density at radius 1 is 1.06 bits per heavy atom. The lowest BCUT2D eigenvalue weighted by atomic mass is 10.2. The molecule has 0 atom stereocenters. The molecule has 0 saturated heterocycles. The van der Waals surface area contributed by atoms with Crippen molar-refractivity contribution in [3.8, 4) is 22.9 Å². The predicted molar refractivity (Wildman–Crippen MR) is 120 cm³/mol. The van der Waals surface area contributed by atoms with Gasteiger partial charge in [-0.15, -0.1) is 10.2 Å². The third kappa shape index (κ3) is 4.89. The zero-order chi connectivity index (χ0) is 21.8. The highest BCUT2D eigenvalue weighted by molar-refractivity contribution is 7.99. The van der Waals surface area contributed by atoms with Gasteiger partial charge >= 0.3 is 0 Å². The fraction of sp³-hybridized carbons (Fsp3) is 0.136. The molecule has 31 heavy (non-hydrogen) atoms. The Balaban J connectivity index is 1.31. The van der Waals surface area contributed by atoms with Crippen molar-refractivity contribution < 1.29 is 13.9 Å². The molecule has 2 aromatic carbocycles. The minimum Gasteiger partial charge on any atom is -0.469 e. The summed E-state index contributed by atoms with van der Waals surface area (Å²) in [5, 5.41) is 11.4.